The Bertz CT molecular complexity index is 852. The maximum Gasteiger partial charge on any atom is 0.224 e. The smallest absolute Gasteiger partial charge is 0.224 e. The predicted octanol–water partition coefficient (Wildman–Crippen LogP) is 2.87. The van der Waals surface area contributed by atoms with Crippen molar-refractivity contribution in [2.45, 2.75) is 26.3 Å². The quantitative estimate of drug-likeness (QED) is 0.310. The summed E-state index contributed by atoms with van der Waals surface area (Å²) in [6, 6.07) is 6.50. The van der Waals surface area contributed by atoms with Gasteiger partial charge in [-0.15, -0.1) is 35.3 Å². The van der Waals surface area contributed by atoms with Crippen molar-refractivity contribution in [2.75, 3.05) is 44.7 Å². The molecule has 0 atom stereocenters. The number of aliphatic imine (C=N–C) groups is 1. The number of piperazine rings is 1. The van der Waals surface area contributed by atoms with E-state index in [1.165, 1.54) is 17.0 Å². The molecule has 1 aromatic carbocycles. The summed E-state index contributed by atoms with van der Waals surface area (Å²) in [6.07, 6.45) is 3.31. The lowest BCUT2D eigenvalue weighted by Gasteiger charge is -2.36. The Labute approximate surface area is 204 Å². The molecule has 2 heterocycles. The molecule has 3 rings (SSSR count). The number of carbonyl (C=O) groups is 1. The first kappa shape index (κ1) is 25.3. The molecule has 1 saturated heterocycles. The molecule has 7 nitrogen and oxygen atoms in total. The van der Waals surface area contributed by atoms with Gasteiger partial charge >= 0.3 is 0 Å². The lowest BCUT2D eigenvalue weighted by molar-refractivity contribution is -0.131. The van der Waals surface area contributed by atoms with Gasteiger partial charge in [-0.25, -0.2) is 9.37 Å². The number of rotatable bonds is 7. The van der Waals surface area contributed by atoms with E-state index in [0.717, 1.165) is 30.2 Å². The van der Waals surface area contributed by atoms with Gasteiger partial charge in [0.05, 0.1) is 6.54 Å². The Morgan fingerprint density at radius 1 is 1.19 bits per heavy atom. The van der Waals surface area contributed by atoms with Crippen LogP contribution in [-0.4, -0.2) is 61.5 Å². The van der Waals surface area contributed by atoms with Crippen molar-refractivity contribution >= 4 is 52.9 Å². The molecular weight excluding hydrogens is 530 g/mol. The highest BCUT2D eigenvalue weighted by Crippen LogP contribution is 2.17. The Kier molecular flexibility index (Phi) is 10.4. The first-order valence-corrected chi connectivity index (χ1v) is 11.1. The van der Waals surface area contributed by atoms with Gasteiger partial charge in [-0.2, -0.15) is 0 Å². The van der Waals surface area contributed by atoms with Crippen LogP contribution in [0.2, 0.25) is 0 Å². The monoisotopic (exact) mass is 560 g/mol. The SMILES string of the molecule is CCc1cnc(CNC(=NC)NCCC(=O)N2CCN(c3ccc(F)cc3)CC2)s1.I. The van der Waals surface area contributed by atoms with E-state index < -0.39 is 0 Å². The topological polar surface area (TPSA) is 72.9 Å². The first-order valence-electron chi connectivity index (χ1n) is 10.3. The third-order valence-corrected chi connectivity index (χ3v) is 6.18. The molecule has 1 aliphatic heterocycles. The highest BCUT2D eigenvalue weighted by Gasteiger charge is 2.21. The number of aromatic nitrogens is 1. The van der Waals surface area contributed by atoms with E-state index in [0.29, 0.717) is 38.6 Å². The summed E-state index contributed by atoms with van der Waals surface area (Å²) in [4.78, 5) is 26.4. The van der Waals surface area contributed by atoms with Crippen LogP contribution in [0.1, 0.15) is 23.2 Å². The Morgan fingerprint density at radius 3 is 2.52 bits per heavy atom. The lowest BCUT2D eigenvalue weighted by Crippen LogP contribution is -2.49. The summed E-state index contributed by atoms with van der Waals surface area (Å²) >= 11 is 1.69. The fourth-order valence-electron chi connectivity index (χ4n) is 3.29. The lowest BCUT2D eigenvalue weighted by atomic mass is 10.2. The number of hydrogen-bond donors (Lipinski definition) is 2. The summed E-state index contributed by atoms with van der Waals surface area (Å²) in [5, 5.41) is 7.44. The second kappa shape index (κ2) is 12.8. The highest BCUT2D eigenvalue weighted by molar-refractivity contribution is 14.0. The zero-order valence-corrected chi connectivity index (χ0v) is 21.1. The number of hydrogen-bond acceptors (Lipinski definition) is 5. The van der Waals surface area contributed by atoms with Gasteiger partial charge in [0.1, 0.15) is 10.8 Å². The third-order valence-electron chi connectivity index (χ3n) is 5.04. The molecule has 0 saturated carbocycles. The molecule has 2 N–H and O–H groups in total. The number of anilines is 1. The maximum absolute atomic E-state index is 13.1. The van der Waals surface area contributed by atoms with Gasteiger partial charge in [-0.3, -0.25) is 9.79 Å². The molecule has 0 aliphatic carbocycles. The summed E-state index contributed by atoms with van der Waals surface area (Å²) in [7, 11) is 1.71. The second-order valence-corrected chi connectivity index (χ2v) is 8.22. The molecule has 170 valence electrons. The Morgan fingerprint density at radius 2 is 1.90 bits per heavy atom. The van der Waals surface area contributed by atoms with Crippen LogP contribution >= 0.6 is 35.3 Å². The van der Waals surface area contributed by atoms with Gasteiger partial charge in [0.25, 0.3) is 0 Å². The summed E-state index contributed by atoms with van der Waals surface area (Å²) in [5.41, 5.74) is 0.992. The van der Waals surface area contributed by atoms with Gasteiger partial charge in [0, 0.05) is 63.0 Å². The molecule has 10 heteroatoms. The normalized spacial score (nSPS) is 14.2. The van der Waals surface area contributed by atoms with Crippen LogP contribution in [0, 0.1) is 5.82 Å². The van der Waals surface area contributed by atoms with Crippen LogP contribution < -0.4 is 15.5 Å². The number of nitrogens with one attached hydrogen (secondary N) is 2. The average Bonchev–Trinajstić information content (AvgIpc) is 3.25. The van der Waals surface area contributed by atoms with E-state index >= 15 is 0 Å². The van der Waals surface area contributed by atoms with E-state index in [-0.39, 0.29) is 35.7 Å². The van der Waals surface area contributed by atoms with Crippen molar-refractivity contribution in [1.29, 1.82) is 0 Å². The number of carbonyl (C=O) groups excluding carboxylic acids is 1. The Balaban J connectivity index is 0.00000341. The zero-order valence-electron chi connectivity index (χ0n) is 17.9. The summed E-state index contributed by atoms with van der Waals surface area (Å²) in [5.74, 6) is 0.559. The van der Waals surface area contributed by atoms with E-state index in [2.05, 4.69) is 32.4 Å². The van der Waals surface area contributed by atoms with E-state index in [1.54, 1.807) is 30.5 Å². The summed E-state index contributed by atoms with van der Waals surface area (Å²) < 4.78 is 13.1. The fraction of sp³-hybridized carbons (Fsp3) is 0.476. The number of halogens is 2. The van der Waals surface area contributed by atoms with Gasteiger partial charge in [-0.05, 0) is 30.7 Å². The van der Waals surface area contributed by atoms with Gasteiger partial charge < -0.3 is 20.4 Å². The van der Waals surface area contributed by atoms with Crippen molar-refractivity contribution in [2.24, 2.45) is 4.99 Å². The predicted molar refractivity (Wildman–Crippen MR) is 135 cm³/mol. The van der Waals surface area contributed by atoms with Crippen LogP contribution in [0.15, 0.2) is 35.5 Å². The van der Waals surface area contributed by atoms with Crippen molar-refractivity contribution < 1.29 is 9.18 Å². The van der Waals surface area contributed by atoms with Crippen molar-refractivity contribution in [3.05, 3.63) is 46.2 Å². The van der Waals surface area contributed by atoms with Crippen LogP contribution in [0.3, 0.4) is 0 Å². The highest BCUT2D eigenvalue weighted by atomic mass is 127. The number of guanidine groups is 1. The molecule has 1 aromatic heterocycles. The van der Waals surface area contributed by atoms with Gasteiger partial charge in [0.15, 0.2) is 5.96 Å². The largest absolute Gasteiger partial charge is 0.368 e. The van der Waals surface area contributed by atoms with Gasteiger partial charge in [-0.1, -0.05) is 6.92 Å². The Hall–Kier alpha value is -1.95. The second-order valence-electron chi connectivity index (χ2n) is 7.02. The first-order chi connectivity index (χ1) is 14.6. The molecular formula is C21H30FIN6OS. The molecule has 1 aliphatic rings. The van der Waals surface area contributed by atoms with Crippen LogP contribution in [0.4, 0.5) is 10.1 Å². The van der Waals surface area contributed by atoms with Crippen LogP contribution in [-0.2, 0) is 17.8 Å². The molecule has 31 heavy (non-hydrogen) atoms. The van der Waals surface area contributed by atoms with E-state index in [1.807, 2.05) is 11.1 Å². The third kappa shape index (κ3) is 7.60. The summed E-state index contributed by atoms with van der Waals surface area (Å²) in [6.45, 7) is 6.10. The van der Waals surface area contributed by atoms with Crippen LogP contribution in [0.25, 0.3) is 0 Å². The van der Waals surface area contributed by atoms with E-state index in [9.17, 15) is 9.18 Å². The number of amides is 1. The van der Waals surface area contributed by atoms with Crippen molar-refractivity contribution in [3.63, 3.8) is 0 Å². The molecule has 1 amide bonds. The fourth-order valence-corrected chi connectivity index (χ4v) is 4.09. The molecule has 0 radical (unpaired) electrons. The molecule has 0 bridgehead atoms. The number of benzene rings is 1. The zero-order chi connectivity index (χ0) is 21.3. The number of aryl methyl sites for hydroxylation is 1. The molecule has 1 fully saturated rings. The minimum atomic E-state index is -0.234. The number of thiazole rings is 1. The van der Waals surface area contributed by atoms with Crippen molar-refractivity contribution in [3.8, 4) is 0 Å². The molecule has 2 aromatic rings. The van der Waals surface area contributed by atoms with Gasteiger partial charge in [0.2, 0.25) is 5.91 Å². The van der Waals surface area contributed by atoms with E-state index in [4.69, 9.17) is 0 Å². The minimum Gasteiger partial charge on any atom is -0.368 e. The minimum absolute atomic E-state index is 0. The van der Waals surface area contributed by atoms with Crippen LogP contribution in [0.5, 0.6) is 0 Å². The molecule has 0 spiro atoms. The number of nitrogens with zero attached hydrogens (tertiary/aromatic N) is 4. The van der Waals surface area contributed by atoms with Crippen molar-refractivity contribution in [1.82, 2.24) is 20.5 Å². The maximum atomic E-state index is 13.1. The molecule has 0 unspecified atom stereocenters. The standard InChI is InChI=1S/C21H29FN6OS.HI/c1-3-18-14-25-19(30-18)15-26-21(23-2)24-9-8-20(29)28-12-10-27(11-13-28)17-6-4-16(22)5-7-17;/h4-7,14H,3,8-13,15H2,1-2H3,(H2,23,24,26);1H. The average molecular weight is 560 g/mol.